The second kappa shape index (κ2) is 12.2. The van der Waals surface area contributed by atoms with Crippen LogP contribution in [0, 0.1) is 0 Å². The number of fused-ring (bicyclic) bond motifs is 5. The summed E-state index contributed by atoms with van der Waals surface area (Å²) in [4.78, 5) is 2.48. The van der Waals surface area contributed by atoms with Gasteiger partial charge in [-0.2, -0.15) is 0 Å². The Bertz CT molecular complexity index is 3030. The van der Waals surface area contributed by atoms with Gasteiger partial charge in [0.2, 0.25) is 0 Å². The molecule has 10 aromatic rings. The Hall–Kier alpha value is -7.16. The SMILES string of the molecule is c1ccc(-c2cccc(-c3ccc4c(c3)c3cc5c(cc3n4-c3ccccc3)N(c3cccc(-c4ccccc4)c3)c3cccc4cccc-5c34)c2)cc1. The Morgan fingerprint density at radius 3 is 1.59 bits per heavy atom. The third-order valence-corrected chi connectivity index (χ3v) is 11.1. The van der Waals surface area contributed by atoms with E-state index in [0.717, 1.165) is 11.4 Å². The van der Waals surface area contributed by atoms with Gasteiger partial charge in [0.15, 0.2) is 0 Å². The Kier molecular flexibility index (Phi) is 6.90. The summed E-state index contributed by atoms with van der Waals surface area (Å²) in [5.41, 5.74) is 16.8. The molecule has 0 radical (unpaired) electrons. The molecule has 54 heavy (non-hydrogen) atoms. The van der Waals surface area contributed by atoms with E-state index >= 15 is 0 Å². The van der Waals surface area contributed by atoms with E-state index in [9.17, 15) is 0 Å². The van der Waals surface area contributed by atoms with Crippen LogP contribution in [0.5, 0.6) is 0 Å². The molecule has 0 unspecified atom stereocenters. The maximum atomic E-state index is 2.48. The van der Waals surface area contributed by atoms with Gasteiger partial charge in [-0.3, -0.25) is 0 Å². The highest BCUT2D eigenvalue weighted by atomic mass is 15.2. The molecule has 252 valence electrons. The number of hydrogen-bond acceptors (Lipinski definition) is 1. The van der Waals surface area contributed by atoms with Gasteiger partial charge in [0, 0.05) is 33.1 Å². The molecule has 2 heterocycles. The van der Waals surface area contributed by atoms with Crippen molar-refractivity contribution in [2.24, 2.45) is 0 Å². The van der Waals surface area contributed by atoms with Crippen LogP contribution in [0.4, 0.5) is 17.1 Å². The minimum Gasteiger partial charge on any atom is -0.309 e. The quantitative estimate of drug-likeness (QED) is 0.175. The van der Waals surface area contributed by atoms with Crippen LogP contribution >= 0.6 is 0 Å². The third-order valence-electron chi connectivity index (χ3n) is 11.1. The lowest BCUT2D eigenvalue weighted by molar-refractivity contribution is 1.18. The standard InChI is InChI=1S/C52H34N2/c1-4-14-35(15-5-1)38-20-10-21-39(30-38)41-28-29-48-45(32-41)47-33-46-44-26-12-18-37-19-13-27-49(52(37)44)54(43-25-11-22-40(31-43)36-16-6-2-7-17-36)50(46)34-51(47)53(48)42-23-8-3-9-24-42/h1-34H. The average molecular weight is 687 g/mol. The number of rotatable bonds is 5. The fourth-order valence-electron chi connectivity index (χ4n) is 8.59. The van der Waals surface area contributed by atoms with Crippen molar-refractivity contribution in [2.75, 3.05) is 4.90 Å². The van der Waals surface area contributed by atoms with Crippen LogP contribution in [0.2, 0.25) is 0 Å². The zero-order valence-electron chi connectivity index (χ0n) is 29.5. The minimum atomic E-state index is 1.14. The Balaban J connectivity index is 1.19. The first-order valence-corrected chi connectivity index (χ1v) is 18.6. The number of benzene rings is 9. The first-order valence-electron chi connectivity index (χ1n) is 18.6. The van der Waals surface area contributed by atoms with Crippen LogP contribution in [-0.2, 0) is 0 Å². The predicted molar refractivity (Wildman–Crippen MR) is 228 cm³/mol. The highest BCUT2D eigenvalue weighted by molar-refractivity contribution is 6.19. The van der Waals surface area contributed by atoms with Crippen molar-refractivity contribution in [3.63, 3.8) is 0 Å². The number of para-hydroxylation sites is 1. The highest BCUT2D eigenvalue weighted by Crippen LogP contribution is 2.53. The lowest BCUT2D eigenvalue weighted by atomic mass is 9.89. The summed E-state index contributed by atoms with van der Waals surface area (Å²) in [7, 11) is 0. The fraction of sp³-hybridized carbons (Fsp3) is 0. The van der Waals surface area contributed by atoms with Crippen molar-refractivity contribution < 1.29 is 0 Å². The molecule has 1 aromatic heterocycles. The molecule has 1 aliphatic heterocycles. The van der Waals surface area contributed by atoms with Crippen LogP contribution in [0.1, 0.15) is 0 Å². The van der Waals surface area contributed by atoms with Crippen LogP contribution < -0.4 is 4.90 Å². The first-order chi connectivity index (χ1) is 26.8. The second-order valence-electron chi connectivity index (χ2n) is 14.2. The summed E-state index contributed by atoms with van der Waals surface area (Å²) in [6, 6.07) is 75.3. The van der Waals surface area contributed by atoms with E-state index < -0.39 is 0 Å². The monoisotopic (exact) mass is 686 g/mol. The molecule has 0 bridgehead atoms. The van der Waals surface area contributed by atoms with E-state index in [1.807, 2.05) is 0 Å². The summed E-state index contributed by atoms with van der Waals surface area (Å²) in [6.45, 7) is 0. The number of nitrogens with zero attached hydrogens (tertiary/aromatic N) is 2. The smallest absolute Gasteiger partial charge is 0.0562 e. The molecular formula is C52H34N2. The third kappa shape index (κ3) is 4.81. The molecule has 0 amide bonds. The van der Waals surface area contributed by atoms with E-state index in [0.29, 0.717) is 0 Å². The van der Waals surface area contributed by atoms with Gasteiger partial charge in [-0.05, 0) is 105 Å². The maximum absolute atomic E-state index is 2.48. The normalized spacial score (nSPS) is 12.0. The van der Waals surface area contributed by atoms with Crippen molar-refractivity contribution in [3.05, 3.63) is 206 Å². The van der Waals surface area contributed by atoms with Gasteiger partial charge in [0.05, 0.1) is 22.4 Å². The zero-order chi connectivity index (χ0) is 35.6. The summed E-state index contributed by atoms with van der Waals surface area (Å²) in [6.07, 6.45) is 0. The van der Waals surface area contributed by atoms with Crippen molar-refractivity contribution in [2.45, 2.75) is 0 Å². The molecule has 2 heteroatoms. The first kappa shape index (κ1) is 30.5. The lowest BCUT2D eigenvalue weighted by Gasteiger charge is -2.34. The van der Waals surface area contributed by atoms with Gasteiger partial charge < -0.3 is 9.47 Å². The maximum Gasteiger partial charge on any atom is 0.0562 e. The molecule has 2 nitrogen and oxygen atoms in total. The highest BCUT2D eigenvalue weighted by Gasteiger charge is 2.28. The van der Waals surface area contributed by atoms with Crippen LogP contribution in [0.15, 0.2) is 206 Å². The summed E-state index contributed by atoms with van der Waals surface area (Å²) < 4.78 is 2.44. The van der Waals surface area contributed by atoms with Crippen molar-refractivity contribution in [1.29, 1.82) is 0 Å². The Morgan fingerprint density at radius 1 is 0.296 bits per heavy atom. The zero-order valence-corrected chi connectivity index (χ0v) is 29.5. The summed E-state index contributed by atoms with van der Waals surface area (Å²) in [5.74, 6) is 0. The molecule has 0 saturated carbocycles. The second-order valence-corrected chi connectivity index (χ2v) is 14.2. The molecule has 0 fully saturated rings. The van der Waals surface area contributed by atoms with E-state index in [-0.39, 0.29) is 0 Å². The molecule has 1 aliphatic rings. The van der Waals surface area contributed by atoms with Gasteiger partial charge in [-0.15, -0.1) is 0 Å². The van der Waals surface area contributed by atoms with E-state index in [2.05, 4.69) is 216 Å². The Morgan fingerprint density at radius 2 is 0.852 bits per heavy atom. The molecule has 11 rings (SSSR count). The van der Waals surface area contributed by atoms with Gasteiger partial charge in [-0.1, -0.05) is 146 Å². The molecule has 0 N–H and O–H groups in total. The van der Waals surface area contributed by atoms with Crippen molar-refractivity contribution >= 4 is 49.6 Å². The van der Waals surface area contributed by atoms with Gasteiger partial charge in [-0.25, -0.2) is 0 Å². The molecule has 0 atom stereocenters. The van der Waals surface area contributed by atoms with Crippen LogP contribution in [0.25, 0.3) is 82.8 Å². The molecule has 0 saturated heterocycles. The van der Waals surface area contributed by atoms with E-state index in [4.69, 9.17) is 0 Å². The molecular weight excluding hydrogens is 653 g/mol. The number of hydrogen-bond donors (Lipinski definition) is 0. The van der Waals surface area contributed by atoms with Crippen molar-refractivity contribution in [3.8, 4) is 50.2 Å². The summed E-state index contributed by atoms with van der Waals surface area (Å²) >= 11 is 0. The fourth-order valence-corrected chi connectivity index (χ4v) is 8.59. The van der Waals surface area contributed by atoms with Crippen molar-refractivity contribution in [1.82, 2.24) is 4.57 Å². The van der Waals surface area contributed by atoms with E-state index in [1.54, 1.807) is 0 Å². The molecule has 9 aromatic carbocycles. The van der Waals surface area contributed by atoms with E-state index in [1.165, 1.54) is 88.5 Å². The average Bonchev–Trinajstić information content (AvgIpc) is 3.57. The van der Waals surface area contributed by atoms with Gasteiger partial charge >= 0.3 is 0 Å². The van der Waals surface area contributed by atoms with Gasteiger partial charge in [0.1, 0.15) is 0 Å². The minimum absolute atomic E-state index is 1.14. The lowest BCUT2D eigenvalue weighted by Crippen LogP contribution is -2.15. The van der Waals surface area contributed by atoms with Gasteiger partial charge in [0.25, 0.3) is 0 Å². The predicted octanol–water partition coefficient (Wildman–Crippen LogP) is 14.4. The van der Waals surface area contributed by atoms with Crippen LogP contribution in [0.3, 0.4) is 0 Å². The topological polar surface area (TPSA) is 8.17 Å². The molecule has 0 aliphatic carbocycles. The summed E-state index contributed by atoms with van der Waals surface area (Å²) in [5, 5.41) is 5.00. The Labute approximate surface area is 314 Å². The molecule has 0 spiro atoms. The van der Waals surface area contributed by atoms with Crippen LogP contribution in [-0.4, -0.2) is 4.57 Å². The number of anilines is 3. The largest absolute Gasteiger partial charge is 0.309 e. The number of aromatic nitrogens is 1.